The van der Waals surface area contributed by atoms with Crippen molar-refractivity contribution in [2.24, 2.45) is 0 Å². The zero-order chi connectivity index (χ0) is 32.2. The average Bonchev–Trinajstić information content (AvgIpc) is 3.44. The Morgan fingerprint density at radius 3 is 2.09 bits per heavy atom. The van der Waals surface area contributed by atoms with Crippen molar-refractivity contribution < 1.29 is 39.3 Å². The van der Waals surface area contributed by atoms with Crippen LogP contribution in [0.25, 0.3) is 61.4 Å². The summed E-state index contributed by atoms with van der Waals surface area (Å²) >= 11 is 0. The van der Waals surface area contributed by atoms with Crippen molar-refractivity contribution in [2.75, 3.05) is 0 Å². The summed E-state index contributed by atoms with van der Waals surface area (Å²) in [7, 11) is 0. The van der Waals surface area contributed by atoms with Crippen molar-refractivity contribution in [2.45, 2.75) is 32.4 Å². The Kier molecular flexibility index (Phi) is 8.27. The average molecular weight is 809 g/mol. The fourth-order valence-corrected chi connectivity index (χ4v) is 5.77. The van der Waals surface area contributed by atoms with Gasteiger partial charge in [-0.15, -0.1) is 29.8 Å². The van der Waals surface area contributed by atoms with Crippen LogP contribution in [-0.4, -0.2) is 24.6 Å². The number of nitrogens with zero attached hydrogens (tertiary/aromatic N) is 4. The standard InChI is InChI=1S/C38H28F3N4O.Pt/c1-37(2,3)25-14-16-27(17-15-25)45-32-12-7-11-29(28-10-4-5-13-33(28)46)35(32)44-36(45)24-9-6-8-23(20-24)30-21-26(38(39,40)41)22-31-34(30)43-19-18-42-31;/h4-19,21-22,46H,1-3H3;/q-1;. The van der Waals surface area contributed by atoms with E-state index in [0.29, 0.717) is 33.5 Å². The maximum Gasteiger partial charge on any atom is 0.415 e. The zero-order valence-corrected chi connectivity index (χ0v) is 27.9. The molecule has 2 aromatic heterocycles. The van der Waals surface area contributed by atoms with Gasteiger partial charge in [0.25, 0.3) is 0 Å². The first kappa shape index (κ1) is 32.1. The van der Waals surface area contributed by atoms with E-state index in [4.69, 9.17) is 4.98 Å². The van der Waals surface area contributed by atoms with Crippen molar-refractivity contribution in [3.63, 3.8) is 0 Å². The SMILES string of the molecule is CC(C)(C)c1ccc(-n2c(-c3[c-]c(-c4cc(C(F)(F)F)cc5nccnc45)ccc3)nc3c(-c4ccccc4O)cccc32)cc1.[Pt]. The molecule has 0 unspecified atom stereocenters. The molecule has 0 saturated heterocycles. The maximum atomic E-state index is 13.9. The van der Waals surface area contributed by atoms with Crippen LogP contribution in [0.4, 0.5) is 13.2 Å². The number of rotatable bonds is 4. The molecular weight excluding hydrogens is 781 g/mol. The van der Waals surface area contributed by atoms with E-state index < -0.39 is 11.7 Å². The number of fused-ring (bicyclic) bond motifs is 2. The Morgan fingerprint density at radius 2 is 1.36 bits per heavy atom. The van der Waals surface area contributed by atoms with E-state index in [1.807, 2.05) is 53.1 Å². The molecule has 0 amide bonds. The third-order valence-electron chi connectivity index (χ3n) is 8.10. The molecule has 0 aliphatic heterocycles. The van der Waals surface area contributed by atoms with Gasteiger partial charge in [-0.25, -0.2) is 0 Å². The molecule has 7 aromatic rings. The van der Waals surface area contributed by atoms with Crippen LogP contribution >= 0.6 is 0 Å². The van der Waals surface area contributed by atoms with Crippen molar-refractivity contribution in [1.29, 1.82) is 0 Å². The van der Waals surface area contributed by atoms with Crippen LogP contribution in [0, 0.1) is 6.07 Å². The Balaban J connectivity index is 0.00000386. The first-order valence-corrected chi connectivity index (χ1v) is 14.7. The van der Waals surface area contributed by atoms with Crippen molar-refractivity contribution in [3.05, 3.63) is 127 Å². The molecule has 2 heterocycles. The van der Waals surface area contributed by atoms with Gasteiger partial charge in [-0.2, -0.15) is 13.2 Å². The molecule has 9 heteroatoms. The Morgan fingerprint density at radius 1 is 0.681 bits per heavy atom. The molecule has 0 aliphatic rings. The molecule has 1 N–H and O–H groups in total. The van der Waals surface area contributed by atoms with Crippen LogP contribution in [0.5, 0.6) is 5.75 Å². The van der Waals surface area contributed by atoms with Gasteiger partial charge in [0, 0.05) is 50.3 Å². The third kappa shape index (κ3) is 5.94. The number of hydrogen-bond donors (Lipinski definition) is 1. The summed E-state index contributed by atoms with van der Waals surface area (Å²) in [6.07, 6.45) is -1.73. The first-order valence-electron chi connectivity index (χ1n) is 14.7. The van der Waals surface area contributed by atoms with Crippen molar-refractivity contribution >= 4 is 22.1 Å². The van der Waals surface area contributed by atoms with Gasteiger partial charge in [0.2, 0.25) is 0 Å². The molecule has 0 spiro atoms. The van der Waals surface area contributed by atoms with E-state index in [1.54, 1.807) is 24.3 Å². The van der Waals surface area contributed by atoms with Gasteiger partial charge < -0.3 is 9.67 Å². The van der Waals surface area contributed by atoms with Crippen molar-refractivity contribution in [3.8, 4) is 45.1 Å². The van der Waals surface area contributed by atoms with Gasteiger partial charge in [-0.1, -0.05) is 80.4 Å². The van der Waals surface area contributed by atoms with E-state index >= 15 is 0 Å². The van der Waals surface area contributed by atoms with Gasteiger partial charge in [0.15, 0.2) is 0 Å². The molecule has 0 bridgehead atoms. The number of alkyl halides is 3. The summed E-state index contributed by atoms with van der Waals surface area (Å²) in [4.78, 5) is 13.6. The number of aromatic nitrogens is 4. The number of benzene rings is 5. The van der Waals surface area contributed by atoms with Gasteiger partial charge >= 0.3 is 6.18 Å². The largest absolute Gasteiger partial charge is 0.507 e. The van der Waals surface area contributed by atoms with E-state index in [0.717, 1.165) is 28.9 Å². The molecule has 0 atom stereocenters. The van der Waals surface area contributed by atoms with Gasteiger partial charge in [0.1, 0.15) is 5.75 Å². The van der Waals surface area contributed by atoms with E-state index in [1.165, 1.54) is 18.0 Å². The van der Waals surface area contributed by atoms with Crippen LogP contribution in [0.2, 0.25) is 0 Å². The van der Waals surface area contributed by atoms with Gasteiger partial charge in [-0.05, 0) is 41.3 Å². The molecule has 0 saturated carbocycles. The number of para-hydroxylation sites is 2. The Bertz CT molecular complexity index is 2250. The minimum Gasteiger partial charge on any atom is -0.507 e. The van der Waals surface area contributed by atoms with Crippen LogP contribution in [0.15, 0.2) is 109 Å². The topological polar surface area (TPSA) is 63.8 Å². The maximum absolute atomic E-state index is 13.9. The minimum atomic E-state index is -4.56. The summed E-state index contributed by atoms with van der Waals surface area (Å²) in [6, 6.07) is 31.9. The quantitative estimate of drug-likeness (QED) is 0.180. The second kappa shape index (κ2) is 12.1. The fraction of sp³-hybridized carbons (Fsp3) is 0.132. The van der Waals surface area contributed by atoms with E-state index in [2.05, 4.69) is 48.9 Å². The Labute approximate surface area is 284 Å². The molecular formula is C38H28F3N4OPt-. The molecule has 0 fully saturated rings. The molecule has 0 aliphatic carbocycles. The molecule has 5 aromatic carbocycles. The minimum absolute atomic E-state index is 0. The number of aromatic hydroxyl groups is 1. The third-order valence-corrected chi connectivity index (χ3v) is 8.10. The normalized spacial score (nSPS) is 12.0. The predicted octanol–water partition coefficient (Wildman–Crippen LogP) is 9.79. The Hall–Kier alpha value is -4.81. The summed E-state index contributed by atoms with van der Waals surface area (Å²) in [5.41, 5.74) is 5.77. The molecule has 47 heavy (non-hydrogen) atoms. The second-order valence-corrected chi connectivity index (χ2v) is 12.2. The predicted molar refractivity (Wildman–Crippen MR) is 175 cm³/mol. The number of hydrogen-bond acceptors (Lipinski definition) is 4. The number of phenolic OH excluding ortho intramolecular Hbond substituents is 1. The molecule has 0 radical (unpaired) electrons. The van der Waals surface area contributed by atoms with Crippen LogP contribution in [0.3, 0.4) is 0 Å². The monoisotopic (exact) mass is 808 g/mol. The first-order chi connectivity index (χ1) is 22.0. The second-order valence-electron chi connectivity index (χ2n) is 12.2. The summed E-state index contributed by atoms with van der Waals surface area (Å²) in [6.45, 7) is 6.46. The number of imidazole rings is 1. The summed E-state index contributed by atoms with van der Waals surface area (Å²) in [5, 5.41) is 10.7. The van der Waals surface area contributed by atoms with Gasteiger partial charge in [-0.3, -0.25) is 15.0 Å². The number of phenols is 1. The van der Waals surface area contributed by atoms with Crippen molar-refractivity contribution in [1.82, 2.24) is 19.5 Å². The smallest absolute Gasteiger partial charge is 0.415 e. The van der Waals surface area contributed by atoms with Crippen LogP contribution < -0.4 is 0 Å². The fourth-order valence-electron chi connectivity index (χ4n) is 5.77. The molecule has 238 valence electrons. The molecule has 5 nitrogen and oxygen atoms in total. The number of halogens is 3. The van der Waals surface area contributed by atoms with Crippen LogP contribution in [0.1, 0.15) is 31.9 Å². The molecule has 7 rings (SSSR count). The summed E-state index contributed by atoms with van der Waals surface area (Å²) < 4.78 is 43.8. The van der Waals surface area contributed by atoms with E-state index in [9.17, 15) is 18.3 Å². The zero-order valence-electron chi connectivity index (χ0n) is 25.6. The summed E-state index contributed by atoms with van der Waals surface area (Å²) in [5.74, 6) is 0.678. The van der Waals surface area contributed by atoms with Gasteiger partial charge in [0.05, 0.1) is 33.5 Å². The van der Waals surface area contributed by atoms with Crippen LogP contribution in [-0.2, 0) is 32.7 Å². The van der Waals surface area contributed by atoms with E-state index in [-0.39, 0.29) is 43.3 Å².